The summed E-state index contributed by atoms with van der Waals surface area (Å²) in [7, 11) is 0. The molecule has 0 saturated heterocycles. The van der Waals surface area contributed by atoms with E-state index in [2.05, 4.69) is 4.57 Å². The van der Waals surface area contributed by atoms with E-state index in [1.807, 2.05) is 60.7 Å². The molecule has 5 nitrogen and oxygen atoms in total. The van der Waals surface area contributed by atoms with Crippen LogP contribution < -0.4 is 4.74 Å². The summed E-state index contributed by atoms with van der Waals surface area (Å²) in [6, 6.07) is 23.7. The zero-order chi connectivity index (χ0) is 21.2. The van der Waals surface area contributed by atoms with E-state index in [1.54, 1.807) is 12.1 Å². The van der Waals surface area contributed by atoms with Gasteiger partial charge < -0.3 is 14.4 Å². The lowest BCUT2D eigenvalue weighted by atomic mass is 10.1. The molecule has 4 aromatic rings. The van der Waals surface area contributed by atoms with Crippen LogP contribution in [0.15, 0.2) is 72.8 Å². The lowest BCUT2D eigenvalue weighted by Crippen LogP contribution is -2.07. The summed E-state index contributed by atoms with van der Waals surface area (Å²) in [6.45, 7) is 0.505. The second-order valence-corrected chi connectivity index (χ2v) is 8.05. The van der Waals surface area contributed by atoms with Crippen LogP contribution in [-0.4, -0.2) is 20.6 Å². The zero-order valence-corrected chi connectivity index (χ0v) is 17.2. The number of rotatable bonds is 6. The lowest BCUT2D eigenvalue weighted by molar-refractivity contribution is 0.0697. The first kappa shape index (κ1) is 19.4. The highest BCUT2D eigenvalue weighted by molar-refractivity contribution is 5.93. The van der Waals surface area contributed by atoms with Gasteiger partial charge in [-0.3, -0.25) is 0 Å². The van der Waals surface area contributed by atoms with Gasteiger partial charge in [0.2, 0.25) is 0 Å². The van der Waals surface area contributed by atoms with Crippen molar-refractivity contribution in [1.82, 2.24) is 9.55 Å². The van der Waals surface area contributed by atoms with E-state index in [0.717, 1.165) is 46.6 Å². The minimum Gasteiger partial charge on any atom is -0.489 e. The van der Waals surface area contributed by atoms with Gasteiger partial charge in [0, 0.05) is 11.6 Å². The second-order valence-electron chi connectivity index (χ2n) is 8.05. The number of imidazole rings is 1. The number of ether oxygens (including phenoxy) is 1. The van der Waals surface area contributed by atoms with Crippen LogP contribution in [0.2, 0.25) is 0 Å². The third-order valence-corrected chi connectivity index (χ3v) is 5.97. The van der Waals surface area contributed by atoms with Gasteiger partial charge in [0.1, 0.15) is 18.2 Å². The Bertz CT molecular complexity index is 1220. The molecule has 1 N–H and O–H groups in total. The van der Waals surface area contributed by atoms with Crippen molar-refractivity contribution in [1.29, 1.82) is 0 Å². The van der Waals surface area contributed by atoms with Gasteiger partial charge in [0.05, 0.1) is 16.6 Å². The van der Waals surface area contributed by atoms with Gasteiger partial charge in [-0.15, -0.1) is 0 Å². The number of benzene rings is 3. The highest BCUT2D eigenvalue weighted by Gasteiger charge is 2.24. The molecular weight excluding hydrogens is 388 g/mol. The van der Waals surface area contributed by atoms with E-state index in [4.69, 9.17) is 9.72 Å². The van der Waals surface area contributed by atoms with Crippen LogP contribution in [0.25, 0.3) is 22.4 Å². The molecule has 0 atom stereocenters. The molecule has 1 aliphatic carbocycles. The van der Waals surface area contributed by atoms with Crippen molar-refractivity contribution < 1.29 is 14.6 Å². The fourth-order valence-corrected chi connectivity index (χ4v) is 4.43. The minimum absolute atomic E-state index is 0.259. The molecule has 31 heavy (non-hydrogen) atoms. The Morgan fingerprint density at radius 2 is 1.81 bits per heavy atom. The number of aromatic nitrogens is 2. The van der Waals surface area contributed by atoms with Gasteiger partial charge in [-0.25, -0.2) is 9.78 Å². The molecule has 0 bridgehead atoms. The summed E-state index contributed by atoms with van der Waals surface area (Å²) in [5.41, 5.74) is 4.06. The molecule has 5 rings (SSSR count). The van der Waals surface area contributed by atoms with Gasteiger partial charge in [-0.05, 0) is 48.7 Å². The molecule has 5 heteroatoms. The SMILES string of the molecule is O=C(O)c1ccc2c(c1)nc(-c1cccc(OCc3ccccc3)c1)n2C1CCCC1. The van der Waals surface area contributed by atoms with Crippen LogP contribution >= 0.6 is 0 Å². The maximum absolute atomic E-state index is 11.4. The van der Waals surface area contributed by atoms with E-state index in [-0.39, 0.29) is 5.56 Å². The van der Waals surface area contributed by atoms with Crippen molar-refractivity contribution in [2.24, 2.45) is 0 Å². The number of hydrogen-bond donors (Lipinski definition) is 1. The van der Waals surface area contributed by atoms with Crippen LogP contribution in [0.1, 0.15) is 47.6 Å². The zero-order valence-electron chi connectivity index (χ0n) is 17.2. The number of carbonyl (C=O) groups is 1. The molecule has 1 saturated carbocycles. The molecule has 1 aliphatic rings. The van der Waals surface area contributed by atoms with E-state index in [9.17, 15) is 9.90 Å². The first-order valence-electron chi connectivity index (χ1n) is 10.7. The summed E-state index contributed by atoms with van der Waals surface area (Å²) >= 11 is 0. The Balaban J connectivity index is 1.54. The van der Waals surface area contributed by atoms with Crippen LogP contribution in [0.5, 0.6) is 5.75 Å². The van der Waals surface area contributed by atoms with E-state index in [0.29, 0.717) is 12.6 Å². The summed E-state index contributed by atoms with van der Waals surface area (Å²) < 4.78 is 8.33. The highest BCUT2D eigenvalue weighted by Crippen LogP contribution is 2.37. The smallest absolute Gasteiger partial charge is 0.335 e. The van der Waals surface area contributed by atoms with Crippen molar-refractivity contribution in [2.45, 2.75) is 38.3 Å². The molecule has 0 radical (unpaired) electrons. The predicted octanol–water partition coefficient (Wildman–Crippen LogP) is 6.10. The van der Waals surface area contributed by atoms with Gasteiger partial charge in [-0.1, -0.05) is 55.3 Å². The van der Waals surface area contributed by atoms with Gasteiger partial charge in [0.15, 0.2) is 0 Å². The third kappa shape index (κ3) is 3.91. The number of aromatic carboxylic acids is 1. The minimum atomic E-state index is -0.935. The maximum atomic E-state index is 11.4. The fraction of sp³-hybridized carbons (Fsp3) is 0.231. The van der Waals surface area contributed by atoms with Crippen LogP contribution in [-0.2, 0) is 6.61 Å². The molecular formula is C26H24N2O3. The van der Waals surface area contributed by atoms with E-state index < -0.39 is 5.97 Å². The maximum Gasteiger partial charge on any atom is 0.335 e. The highest BCUT2D eigenvalue weighted by atomic mass is 16.5. The molecule has 0 unspecified atom stereocenters. The molecule has 0 spiro atoms. The number of fused-ring (bicyclic) bond motifs is 1. The summed E-state index contributed by atoms with van der Waals surface area (Å²) in [6.07, 6.45) is 4.64. The molecule has 156 valence electrons. The Morgan fingerprint density at radius 1 is 1.00 bits per heavy atom. The van der Waals surface area contributed by atoms with Crippen molar-refractivity contribution in [3.63, 3.8) is 0 Å². The number of carboxylic acids is 1. The van der Waals surface area contributed by atoms with E-state index >= 15 is 0 Å². The first-order chi connectivity index (χ1) is 15.2. The summed E-state index contributed by atoms with van der Waals surface area (Å²) in [5.74, 6) is 0.724. The quantitative estimate of drug-likeness (QED) is 0.416. The average Bonchev–Trinajstić information content (AvgIpc) is 3.45. The van der Waals surface area contributed by atoms with Gasteiger partial charge in [-0.2, -0.15) is 0 Å². The number of carboxylic acid groups (broad SMARTS) is 1. The molecule has 0 aliphatic heterocycles. The standard InChI is InChI=1S/C26H24N2O3/c29-26(30)20-13-14-24-23(16-20)27-25(28(24)21-10-4-5-11-21)19-9-6-12-22(15-19)31-17-18-7-2-1-3-8-18/h1-3,6-9,12-16,21H,4-5,10-11,17H2,(H,29,30). The van der Waals surface area contributed by atoms with Crippen molar-refractivity contribution in [2.75, 3.05) is 0 Å². The molecule has 3 aromatic carbocycles. The van der Waals surface area contributed by atoms with Crippen molar-refractivity contribution in [3.8, 4) is 17.1 Å². The summed E-state index contributed by atoms with van der Waals surface area (Å²) in [5, 5.41) is 9.39. The Labute approximate surface area is 180 Å². The predicted molar refractivity (Wildman–Crippen MR) is 120 cm³/mol. The fourth-order valence-electron chi connectivity index (χ4n) is 4.43. The van der Waals surface area contributed by atoms with Gasteiger partial charge >= 0.3 is 5.97 Å². The molecule has 1 fully saturated rings. The topological polar surface area (TPSA) is 64.3 Å². The second kappa shape index (κ2) is 8.26. The van der Waals surface area contributed by atoms with Gasteiger partial charge in [0.25, 0.3) is 0 Å². The summed E-state index contributed by atoms with van der Waals surface area (Å²) in [4.78, 5) is 16.3. The van der Waals surface area contributed by atoms with Crippen molar-refractivity contribution in [3.05, 3.63) is 83.9 Å². The Kier molecular flexibility index (Phi) is 5.16. The lowest BCUT2D eigenvalue weighted by Gasteiger charge is -2.17. The molecule has 1 heterocycles. The number of nitrogens with zero attached hydrogens (tertiary/aromatic N) is 2. The molecule has 0 amide bonds. The third-order valence-electron chi connectivity index (χ3n) is 5.97. The number of hydrogen-bond acceptors (Lipinski definition) is 3. The van der Waals surface area contributed by atoms with E-state index in [1.165, 1.54) is 12.8 Å². The average molecular weight is 412 g/mol. The Hall–Kier alpha value is -3.60. The monoisotopic (exact) mass is 412 g/mol. The first-order valence-corrected chi connectivity index (χ1v) is 10.7. The van der Waals surface area contributed by atoms with Crippen LogP contribution in [0.4, 0.5) is 0 Å². The van der Waals surface area contributed by atoms with Crippen LogP contribution in [0.3, 0.4) is 0 Å². The largest absolute Gasteiger partial charge is 0.489 e. The normalized spacial score (nSPS) is 14.2. The van der Waals surface area contributed by atoms with Crippen LogP contribution in [0, 0.1) is 0 Å². The molecule has 1 aromatic heterocycles. The Morgan fingerprint density at radius 3 is 2.58 bits per heavy atom. The van der Waals surface area contributed by atoms with Crippen molar-refractivity contribution >= 4 is 17.0 Å².